The van der Waals surface area contributed by atoms with Gasteiger partial charge in [-0.15, -0.1) is 11.6 Å². The average Bonchev–Trinajstić information content (AvgIpc) is 2.58. The van der Waals surface area contributed by atoms with E-state index in [1.54, 1.807) is 6.92 Å². The van der Waals surface area contributed by atoms with E-state index in [2.05, 4.69) is 6.92 Å². The lowest BCUT2D eigenvalue weighted by atomic mass is 10.1. The molecule has 0 radical (unpaired) electrons. The van der Waals surface area contributed by atoms with Crippen molar-refractivity contribution in [1.29, 1.82) is 0 Å². The van der Waals surface area contributed by atoms with Crippen molar-refractivity contribution in [3.05, 3.63) is 0 Å². The Labute approximate surface area is 159 Å². The topological polar surface area (TPSA) is 52.6 Å². The van der Waals surface area contributed by atoms with Gasteiger partial charge in [-0.1, -0.05) is 58.3 Å². The molecule has 0 rings (SSSR count). The summed E-state index contributed by atoms with van der Waals surface area (Å²) in [7, 11) is 0. The van der Waals surface area contributed by atoms with Gasteiger partial charge in [0.25, 0.3) is 0 Å². The number of hydrogen-bond acceptors (Lipinski definition) is 4. The van der Waals surface area contributed by atoms with Crippen LogP contribution in [0.2, 0.25) is 0 Å². The number of esters is 2. The van der Waals surface area contributed by atoms with Crippen molar-refractivity contribution >= 4 is 23.5 Å². The van der Waals surface area contributed by atoms with Crippen LogP contribution in [0.3, 0.4) is 0 Å². The monoisotopic (exact) mass is 376 g/mol. The maximum atomic E-state index is 11.6. The number of alkyl halides is 1. The van der Waals surface area contributed by atoms with Crippen molar-refractivity contribution < 1.29 is 19.1 Å². The van der Waals surface area contributed by atoms with Crippen LogP contribution in [0.5, 0.6) is 0 Å². The Morgan fingerprint density at radius 1 is 0.760 bits per heavy atom. The molecule has 0 amide bonds. The molecule has 0 aromatic rings. The van der Waals surface area contributed by atoms with Crippen LogP contribution < -0.4 is 0 Å². The Morgan fingerprint density at radius 2 is 1.24 bits per heavy atom. The maximum Gasteiger partial charge on any atom is 0.305 e. The molecule has 1 atom stereocenters. The first kappa shape index (κ1) is 24.2. The summed E-state index contributed by atoms with van der Waals surface area (Å²) in [6.45, 7) is 4.85. The Balaban J connectivity index is 3.27. The highest BCUT2D eigenvalue weighted by Crippen LogP contribution is 2.10. The summed E-state index contributed by atoms with van der Waals surface area (Å²) >= 11 is 5.72. The molecule has 0 saturated carbocycles. The van der Waals surface area contributed by atoms with Crippen molar-refractivity contribution in [2.45, 2.75) is 103 Å². The fourth-order valence-electron chi connectivity index (χ4n) is 2.49. The first-order valence-electron chi connectivity index (χ1n) is 10.0. The molecule has 1 unspecified atom stereocenters. The predicted octanol–water partition coefficient (Wildman–Crippen LogP) is 5.79. The number of unbranched alkanes of at least 4 members (excludes halogenated alkanes) is 9. The average molecular weight is 377 g/mol. The van der Waals surface area contributed by atoms with Crippen molar-refractivity contribution in [2.75, 3.05) is 13.2 Å². The molecule has 0 aromatic carbocycles. The summed E-state index contributed by atoms with van der Waals surface area (Å²) in [6.07, 6.45) is 12.9. The molecular formula is C20H37ClO4. The number of hydrogen-bond donors (Lipinski definition) is 0. The van der Waals surface area contributed by atoms with Gasteiger partial charge >= 0.3 is 11.9 Å². The predicted molar refractivity (Wildman–Crippen MR) is 103 cm³/mol. The van der Waals surface area contributed by atoms with Crippen LogP contribution in [0.25, 0.3) is 0 Å². The first-order chi connectivity index (χ1) is 12.1. The van der Waals surface area contributed by atoms with Crippen LogP contribution >= 0.6 is 11.6 Å². The largest absolute Gasteiger partial charge is 0.466 e. The smallest absolute Gasteiger partial charge is 0.305 e. The molecule has 0 aliphatic heterocycles. The first-order valence-corrected chi connectivity index (χ1v) is 10.4. The molecule has 0 bridgehead atoms. The standard InChI is InChI=1S/C20H37ClO4/c1-3-4-5-10-13-16-24-19(22)14-11-8-6-7-9-12-15-20(23)25-17-18(2)21/h18H,3-17H2,1-2H3. The molecule has 25 heavy (non-hydrogen) atoms. The lowest BCUT2D eigenvalue weighted by molar-refractivity contribution is -0.144. The van der Waals surface area contributed by atoms with E-state index in [1.165, 1.54) is 19.3 Å². The van der Waals surface area contributed by atoms with E-state index in [4.69, 9.17) is 21.1 Å². The molecular weight excluding hydrogens is 340 g/mol. The van der Waals surface area contributed by atoms with E-state index in [-0.39, 0.29) is 23.9 Å². The van der Waals surface area contributed by atoms with E-state index < -0.39 is 0 Å². The zero-order valence-electron chi connectivity index (χ0n) is 16.2. The molecule has 0 spiro atoms. The minimum absolute atomic E-state index is 0.0632. The Kier molecular flexibility index (Phi) is 17.5. The van der Waals surface area contributed by atoms with Gasteiger partial charge in [0.15, 0.2) is 0 Å². The second-order valence-corrected chi connectivity index (χ2v) is 7.46. The van der Waals surface area contributed by atoms with Crippen LogP contribution in [-0.2, 0) is 19.1 Å². The molecule has 0 saturated heterocycles. The van der Waals surface area contributed by atoms with Crippen LogP contribution in [0, 0.1) is 0 Å². The van der Waals surface area contributed by atoms with Crippen LogP contribution in [-0.4, -0.2) is 30.5 Å². The normalized spacial score (nSPS) is 12.0. The highest BCUT2D eigenvalue weighted by atomic mass is 35.5. The summed E-state index contributed by atoms with van der Waals surface area (Å²) in [4.78, 5) is 23.0. The van der Waals surface area contributed by atoms with Gasteiger partial charge in [0.1, 0.15) is 6.61 Å². The van der Waals surface area contributed by atoms with Crippen molar-refractivity contribution in [3.63, 3.8) is 0 Å². The molecule has 4 nitrogen and oxygen atoms in total. The van der Waals surface area contributed by atoms with Gasteiger partial charge in [-0.3, -0.25) is 9.59 Å². The highest BCUT2D eigenvalue weighted by Gasteiger charge is 2.05. The van der Waals surface area contributed by atoms with E-state index >= 15 is 0 Å². The number of halogens is 1. The SMILES string of the molecule is CCCCCCCOC(=O)CCCCCCCCC(=O)OCC(C)Cl. The Hall–Kier alpha value is -0.770. The summed E-state index contributed by atoms with van der Waals surface area (Å²) in [5.74, 6) is -0.225. The van der Waals surface area contributed by atoms with Crippen LogP contribution in [0.1, 0.15) is 97.3 Å². The van der Waals surface area contributed by atoms with Gasteiger partial charge in [0, 0.05) is 12.8 Å². The summed E-state index contributed by atoms with van der Waals surface area (Å²) in [6, 6.07) is 0. The molecule has 0 aromatic heterocycles. The fraction of sp³-hybridized carbons (Fsp3) is 0.900. The van der Waals surface area contributed by atoms with E-state index in [9.17, 15) is 9.59 Å². The van der Waals surface area contributed by atoms with Gasteiger partial charge in [-0.05, 0) is 26.2 Å². The fourth-order valence-corrected chi connectivity index (χ4v) is 2.55. The molecule has 0 N–H and O–H groups in total. The van der Waals surface area contributed by atoms with Gasteiger partial charge in [-0.2, -0.15) is 0 Å². The van der Waals surface area contributed by atoms with Crippen molar-refractivity contribution in [2.24, 2.45) is 0 Å². The Morgan fingerprint density at radius 3 is 1.80 bits per heavy atom. The Bertz CT molecular complexity index is 332. The highest BCUT2D eigenvalue weighted by molar-refractivity contribution is 6.20. The van der Waals surface area contributed by atoms with Crippen LogP contribution in [0.4, 0.5) is 0 Å². The zero-order chi connectivity index (χ0) is 18.8. The van der Waals surface area contributed by atoms with Gasteiger partial charge in [0.05, 0.1) is 12.0 Å². The quantitative estimate of drug-likeness (QED) is 0.183. The van der Waals surface area contributed by atoms with E-state index in [0.29, 0.717) is 19.4 Å². The third-order valence-corrected chi connectivity index (χ3v) is 4.12. The van der Waals surface area contributed by atoms with Gasteiger partial charge in [0.2, 0.25) is 0 Å². The number of carbonyl (C=O) groups excluding carboxylic acids is 2. The van der Waals surface area contributed by atoms with E-state index in [1.807, 2.05) is 0 Å². The molecule has 0 aliphatic rings. The third kappa shape index (κ3) is 19.4. The number of ether oxygens (including phenoxy) is 2. The number of rotatable bonds is 17. The summed E-state index contributed by atoms with van der Waals surface area (Å²) in [5, 5.41) is -0.128. The van der Waals surface area contributed by atoms with Crippen molar-refractivity contribution in [3.8, 4) is 0 Å². The van der Waals surface area contributed by atoms with Crippen LogP contribution in [0.15, 0.2) is 0 Å². The van der Waals surface area contributed by atoms with Crippen molar-refractivity contribution in [1.82, 2.24) is 0 Å². The third-order valence-electron chi connectivity index (χ3n) is 4.00. The minimum Gasteiger partial charge on any atom is -0.466 e. The summed E-state index contributed by atoms with van der Waals surface area (Å²) in [5.41, 5.74) is 0. The minimum atomic E-state index is -0.162. The molecule has 148 valence electrons. The molecule has 5 heteroatoms. The lowest BCUT2D eigenvalue weighted by Crippen LogP contribution is -2.11. The molecule has 0 heterocycles. The zero-order valence-corrected chi connectivity index (χ0v) is 17.0. The number of carbonyl (C=O) groups is 2. The molecule has 0 aliphatic carbocycles. The second kappa shape index (κ2) is 18.0. The lowest BCUT2D eigenvalue weighted by Gasteiger charge is -2.06. The molecule has 0 fully saturated rings. The van der Waals surface area contributed by atoms with Gasteiger partial charge < -0.3 is 9.47 Å². The van der Waals surface area contributed by atoms with Gasteiger partial charge in [-0.25, -0.2) is 0 Å². The van der Waals surface area contributed by atoms with E-state index in [0.717, 1.165) is 51.4 Å². The summed E-state index contributed by atoms with van der Waals surface area (Å²) < 4.78 is 10.2. The maximum absolute atomic E-state index is 11.6. The second-order valence-electron chi connectivity index (χ2n) is 6.72.